The molecule has 0 fully saturated rings. The number of carbonyl (C=O) groups excluding carboxylic acids is 2. The number of rotatable bonds is 5. The third-order valence-electron chi connectivity index (χ3n) is 6.48. The van der Waals surface area contributed by atoms with E-state index in [1.807, 2.05) is 51.1 Å². The molecular formula is C27H28ClNO4. The summed E-state index contributed by atoms with van der Waals surface area (Å²) in [5, 5.41) is 14.1. The first-order valence-corrected chi connectivity index (χ1v) is 11.7. The molecule has 0 aromatic heterocycles. The molecule has 5 nitrogen and oxygen atoms in total. The quantitative estimate of drug-likeness (QED) is 0.550. The number of ether oxygens (including phenoxy) is 1. The molecule has 2 aliphatic rings. The molecule has 2 aromatic carbocycles. The maximum absolute atomic E-state index is 13.5. The van der Waals surface area contributed by atoms with E-state index in [0.29, 0.717) is 46.7 Å². The molecule has 172 valence electrons. The van der Waals surface area contributed by atoms with Crippen LogP contribution in [0.4, 0.5) is 0 Å². The van der Waals surface area contributed by atoms with Crippen LogP contribution in [0, 0.1) is 0 Å². The Labute approximate surface area is 199 Å². The average Bonchev–Trinajstić information content (AvgIpc) is 2.78. The zero-order valence-electron chi connectivity index (χ0n) is 19.0. The van der Waals surface area contributed by atoms with Crippen molar-refractivity contribution in [2.75, 3.05) is 0 Å². The fraction of sp³-hybridized carbons (Fsp3) is 0.333. The first-order valence-electron chi connectivity index (χ1n) is 11.3. The van der Waals surface area contributed by atoms with Crippen LogP contribution < -0.4 is 5.32 Å². The molecule has 33 heavy (non-hydrogen) atoms. The predicted molar refractivity (Wildman–Crippen MR) is 128 cm³/mol. The Kier molecular flexibility index (Phi) is 6.61. The standard InChI is InChI=1S/C27H28ClNO4/c1-4-15(2)33-27(32)24-16(3)29-22-13-19(17-8-10-20(28)11-9-17)14-23(31)26(22)25(24)18-6-5-7-21(30)12-18/h5-12,15,19,25,29-30H,4,13-14H2,1-3H3/t15-,19-,25+/m0/s1. The van der Waals surface area contributed by atoms with Crippen molar-refractivity contribution in [1.82, 2.24) is 5.32 Å². The van der Waals surface area contributed by atoms with Gasteiger partial charge < -0.3 is 15.2 Å². The minimum absolute atomic E-state index is 0.0154. The number of halogens is 1. The van der Waals surface area contributed by atoms with Crippen molar-refractivity contribution in [3.63, 3.8) is 0 Å². The summed E-state index contributed by atoms with van der Waals surface area (Å²) in [6.07, 6.45) is 1.43. The number of aromatic hydroxyl groups is 1. The minimum Gasteiger partial charge on any atom is -0.508 e. The van der Waals surface area contributed by atoms with Crippen LogP contribution >= 0.6 is 11.6 Å². The van der Waals surface area contributed by atoms with Gasteiger partial charge in [0.1, 0.15) is 5.75 Å². The van der Waals surface area contributed by atoms with Crippen molar-refractivity contribution < 1.29 is 19.4 Å². The highest BCUT2D eigenvalue weighted by Crippen LogP contribution is 2.46. The maximum Gasteiger partial charge on any atom is 0.337 e. The molecule has 1 aliphatic carbocycles. The Balaban J connectivity index is 1.78. The number of allylic oxidation sites excluding steroid dienone is 3. The van der Waals surface area contributed by atoms with Gasteiger partial charge in [-0.25, -0.2) is 4.79 Å². The van der Waals surface area contributed by atoms with Gasteiger partial charge in [0.2, 0.25) is 0 Å². The molecule has 1 heterocycles. The highest BCUT2D eigenvalue weighted by Gasteiger charge is 2.41. The molecule has 0 saturated heterocycles. The number of phenolic OH excluding ortho intramolecular Hbond substituents is 1. The lowest BCUT2D eigenvalue weighted by Gasteiger charge is -2.37. The van der Waals surface area contributed by atoms with E-state index in [4.69, 9.17) is 16.3 Å². The van der Waals surface area contributed by atoms with Crippen LogP contribution in [0.5, 0.6) is 5.75 Å². The smallest absolute Gasteiger partial charge is 0.337 e. The molecule has 2 N–H and O–H groups in total. The second kappa shape index (κ2) is 9.44. The van der Waals surface area contributed by atoms with Gasteiger partial charge >= 0.3 is 5.97 Å². The molecule has 2 aromatic rings. The Morgan fingerprint density at radius 1 is 1.18 bits per heavy atom. The van der Waals surface area contributed by atoms with E-state index >= 15 is 0 Å². The van der Waals surface area contributed by atoms with Gasteiger partial charge in [-0.15, -0.1) is 0 Å². The summed E-state index contributed by atoms with van der Waals surface area (Å²) in [5.41, 5.74) is 4.22. The largest absolute Gasteiger partial charge is 0.508 e. The van der Waals surface area contributed by atoms with Crippen LogP contribution in [0.15, 0.2) is 71.1 Å². The number of hydrogen-bond acceptors (Lipinski definition) is 5. The van der Waals surface area contributed by atoms with Crippen LogP contribution in [0.3, 0.4) is 0 Å². The van der Waals surface area contributed by atoms with Crippen LogP contribution in [0.1, 0.15) is 63.0 Å². The zero-order chi connectivity index (χ0) is 23.7. The Hall–Kier alpha value is -3.05. The Morgan fingerprint density at radius 2 is 1.91 bits per heavy atom. The van der Waals surface area contributed by atoms with Gasteiger partial charge in [-0.05, 0) is 68.0 Å². The third-order valence-corrected chi connectivity index (χ3v) is 6.73. The normalized spacial score (nSPS) is 21.4. The monoisotopic (exact) mass is 465 g/mol. The molecule has 0 radical (unpaired) electrons. The summed E-state index contributed by atoms with van der Waals surface area (Å²) in [6.45, 7) is 5.64. The van der Waals surface area contributed by atoms with Gasteiger partial charge in [-0.2, -0.15) is 0 Å². The predicted octanol–water partition coefficient (Wildman–Crippen LogP) is 5.75. The Morgan fingerprint density at radius 3 is 2.58 bits per heavy atom. The summed E-state index contributed by atoms with van der Waals surface area (Å²) >= 11 is 6.04. The van der Waals surface area contributed by atoms with Crippen molar-refractivity contribution >= 4 is 23.4 Å². The average molecular weight is 466 g/mol. The molecule has 6 heteroatoms. The van der Waals surface area contributed by atoms with E-state index in [1.165, 1.54) is 0 Å². The molecule has 1 aliphatic heterocycles. The first kappa shape index (κ1) is 23.1. The molecule has 0 saturated carbocycles. The molecular weight excluding hydrogens is 438 g/mol. The summed E-state index contributed by atoms with van der Waals surface area (Å²) < 4.78 is 5.66. The van der Waals surface area contributed by atoms with Crippen molar-refractivity contribution in [1.29, 1.82) is 0 Å². The van der Waals surface area contributed by atoms with Crippen molar-refractivity contribution in [2.24, 2.45) is 0 Å². The number of Topliss-reactive ketones (excluding diaryl/α,β-unsaturated/α-hetero) is 1. The number of hydrogen-bond donors (Lipinski definition) is 2. The Bertz CT molecular complexity index is 1150. The SMILES string of the molecule is CC[C@H](C)OC(=O)C1=C(C)NC2=C(C(=O)C[C@@H](c3ccc(Cl)cc3)C2)[C@@H]1c1cccc(O)c1. The van der Waals surface area contributed by atoms with Gasteiger partial charge in [0.15, 0.2) is 5.78 Å². The number of benzene rings is 2. The van der Waals surface area contributed by atoms with E-state index in [0.717, 1.165) is 11.3 Å². The van der Waals surface area contributed by atoms with Crippen LogP contribution in [-0.2, 0) is 14.3 Å². The number of ketones is 1. The van der Waals surface area contributed by atoms with Crippen molar-refractivity contribution in [3.05, 3.63) is 87.2 Å². The van der Waals surface area contributed by atoms with Crippen LogP contribution in [0.2, 0.25) is 5.02 Å². The van der Waals surface area contributed by atoms with E-state index in [-0.39, 0.29) is 23.6 Å². The van der Waals surface area contributed by atoms with Gasteiger partial charge in [0.25, 0.3) is 0 Å². The molecule has 0 bridgehead atoms. The van der Waals surface area contributed by atoms with Gasteiger partial charge in [0.05, 0.1) is 11.7 Å². The second-order valence-corrected chi connectivity index (χ2v) is 9.22. The third kappa shape index (κ3) is 4.69. The fourth-order valence-corrected chi connectivity index (χ4v) is 4.77. The lowest BCUT2D eigenvalue weighted by molar-refractivity contribution is -0.144. The minimum atomic E-state index is -0.594. The maximum atomic E-state index is 13.5. The van der Waals surface area contributed by atoms with E-state index < -0.39 is 11.9 Å². The molecule has 0 unspecified atom stereocenters. The number of carbonyl (C=O) groups is 2. The molecule has 0 spiro atoms. The van der Waals surface area contributed by atoms with Gasteiger partial charge in [-0.3, -0.25) is 4.79 Å². The summed E-state index contributed by atoms with van der Waals surface area (Å²) in [4.78, 5) is 26.8. The number of nitrogens with one attached hydrogen (secondary N) is 1. The summed E-state index contributed by atoms with van der Waals surface area (Å²) in [5.74, 6) is -0.945. The highest BCUT2D eigenvalue weighted by molar-refractivity contribution is 6.30. The lowest BCUT2D eigenvalue weighted by Crippen LogP contribution is -2.36. The van der Waals surface area contributed by atoms with Gasteiger partial charge in [-0.1, -0.05) is 42.8 Å². The molecule has 4 rings (SSSR count). The fourth-order valence-electron chi connectivity index (χ4n) is 4.65. The van der Waals surface area contributed by atoms with E-state index in [9.17, 15) is 14.7 Å². The first-order chi connectivity index (χ1) is 15.8. The lowest BCUT2D eigenvalue weighted by atomic mass is 9.71. The van der Waals surface area contributed by atoms with E-state index in [2.05, 4.69) is 5.32 Å². The second-order valence-electron chi connectivity index (χ2n) is 8.79. The number of phenols is 1. The van der Waals surface area contributed by atoms with Crippen molar-refractivity contribution in [2.45, 2.75) is 58.0 Å². The molecule has 3 atom stereocenters. The summed E-state index contributed by atoms with van der Waals surface area (Å²) in [6, 6.07) is 14.3. The van der Waals surface area contributed by atoms with Crippen LogP contribution in [-0.4, -0.2) is 23.0 Å². The topological polar surface area (TPSA) is 75.6 Å². The zero-order valence-corrected chi connectivity index (χ0v) is 19.8. The van der Waals surface area contributed by atoms with E-state index in [1.54, 1.807) is 18.2 Å². The van der Waals surface area contributed by atoms with Gasteiger partial charge in [0, 0.05) is 34.3 Å². The summed E-state index contributed by atoms with van der Waals surface area (Å²) in [7, 11) is 0. The molecule has 0 amide bonds. The number of esters is 1. The number of dihydropyridines is 1. The van der Waals surface area contributed by atoms with Crippen molar-refractivity contribution in [3.8, 4) is 5.75 Å². The highest BCUT2D eigenvalue weighted by atomic mass is 35.5. The van der Waals surface area contributed by atoms with Crippen LogP contribution in [0.25, 0.3) is 0 Å².